The van der Waals surface area contributed by atoms with E-state index in [4.69, 9.17) is 18.8 Å². The van der Waals surface area contributed by atoms with E-state index in [0.29, 0.717) is 24.5 Å². The molecule has 1 aliphatic rings. The van der Waals surface area contributed by atoms with Gasteiger partial charge in [0, 0.05) is 5.46 Å². The first-order valence-corrected chi connectivity index (χ1v) is 8.01. The molecule has 0 N–H and O–H groups in total. The lowest BCUT2D eigenvalue weighted by molar-refractivity contribution is 0.00578. The molecule has 0 bridgehead atoms. The van der Waals surface area contributed by atoms with Crippen LogP contribution in [0.25, 0.3) is 0 Å². The maximum atomic E-state index is 11.9. The van der Waals surface area contributed by atoms with Crippen LogP contribution in [0.15, 0.2) is 18.2 Å². The van der Waals surface area contributed by atoms with Gasteiger partial charge in [-0.05, 0) is 53.7 Å². The number of ether oxygens (including phenoxy) is 2. The highest BCUT2D eigenvalue weighted by atomic mass is 16.7. The lowest BCUT2D eigenvalue weighted by Gasteiger charge is -2.32. The van der Waals surface area contributed by atoms with Crippen molar-refractivity contribution >= 4 is 18.6 Å². The van der Waals surface area contributed by atoms with Crippen LogP contribution in [0.4, 0.5) is 0 Å². The Labute approximate surface area is 138 Å². The van der Waals surface area contributed by atoms with Crippen LogP contribution in [0.2, 0.25) is 0 Å². The van der Waals surface area contributed by atoms with Gasteiger partial charge in [-0.1, -0.05) is 6.07 Å². The van der Waals surface area contributed by atoms with Crippen molar-refractivity contribution in [1.29, 1.82) is 0 Å². The first-order chi connectivity index (χ1) is 10.7. The number of carbonyl (C=O) groups excluding carboxylic acids is 1. The predicted molar refractivity (Wildman–Crippen MR) is 89.3 cm³/mol. The highest BCUT2D eigenvalue weighted by molar-refractivity contribution is 6.63. The fraction of sp³-hybridized carbons (Fsp3) is 0.588. The molecule has 2 rings (SSSR count). The Balaban J connectivity index is 2.34. The zero-order chi connectivity index (χ0) is 17.3. The van der Waals surface area contributed by atoms with Crippen molar-refractivity contribution in [3.8, 4) is 5.75 Å². The molecule has 0 spiro atoms. The summed E-state index contributed by atoms with van der Waals surface area (Å²) in [6.07, 6.45) is 0. The molecular weight excluding hydrogens is 295 g/mol. The fourth-order valence-corrected chi connectivity index (χ4v) is 2.32. The first kappa shape index (κ1) is 17.8. The Morgan fingerprint density at radius 3 is 2.22 bits per heavy atom. The number of hydrogen-bond donors (Lipinski definition) is 0. The number of benzene rings is 1. The minimum Gasteiger partial charge on any atom is -0.494 e. The van der Waals surface area contributed by atoms with Gasteiger partial charge in [0.2, 0.25) is 0 Å². The van der Waals surface area contributed by atoms with Gasteiger partial charge in [0.15, 0.2) is 0 Å². The lowest BCUT2D eigenvalue weighted by atomic mass is 9.78. The summed E-state index contributed by atoms with van der Waals surface area (Å²) in [6, 6.07) is 5.20. The summed E-state index contributed by atoms with van der Waals surface area (Å²) < 4.78 is 22.9. The number of carbonyl (C=O) groups is 1. The fourth-order valence-electron chi connectivity index (χ4n) is 2.32. The van der Waals surface area contributed by atoms with Crippen molar-refractivity contribution in [1.82, 2.24) is 0 Å². The minimum atomic E-state index is -0.530. The molecule has 126 valence electrons. The Kier molecular flexibility index (Phi) is 5.06. The van der Waals surface area contributed by atoms with Crippen LogP contribution >= 0.6 is 0 Å². The summed E-state index contributed by atoms with van der Waals surface area (Å²) in [4.78, 5) is 11.9. The molecule has 0 atom stereocenters. The van der Waals surface area contributed by atoms with Gasteiger partial charge >= 0.3 is 13.1 Å². The van der Waals surface area contributed by atoms with Crippen molar-refractivity contribution in [2.24, 2.45) is 0 Å². The molecular formula is C17H25BO5. The van der Waals surface area contributed by atoms with Gasteiger partial charge in [0.05, 0.1) is 30.0 Å². The Morgan fingerprint density at radius 1 is 1.09 bits per heavy atom. The second-order valence-electron chi connectivity index (χ2n) is 6.49. The molecule has 1 aromatic rings. The van der Waals surface area contributed by atoms with E-state index in [9.17, 15) is 4.79 Å². The third-order valence-electron chi connectivity index (χ3n) is 4.33. The lowest BCUT2D eigenvalue weighted by Crippen LogP contribution is -2.41. The van der Waals surface area contributed by atoms with Crippen molar-refractivity contribution in [3.63, 3.8) is 0 Å². The largest absolute Gasteiger partial charge is 0.498 e. The Morgan fingerprint density at radius 2 is 1.70 bits per heavy atom. The van der Waals surface area contributed by atoms with Crippen molar-refractivity contribution in [3.05, 3.63) is 23.8 Å². The van der Waals surface area contributed by atoms with E-state index in [1.807, 2.05) is 34.6 Å². The molecule has 0 aliphatic carbocycles. The Bertz CT molecular complexity index is 566. The SMILES string of the molecule is CCOC(=O)c1ccc(B2OC(C)(C)C(C)(C)O2)c(OCC)c1. The van der Waals surface area contributed by atoms with Gasteiger partial charge in [0.25, 0.3) is 0 Å². The highest BCUT2D eigenvalue weighted by Crippen LogP contribution is 2.37. The van der Waals surface area contributed by atoms with Gasteiger partial charge < -0.3 is 18.8 Å². The molecule has 0 unspecified atom stereocenters. The van der Waals surface area contributed by atoms with Crippen LogP contribution in [-0.2, 0) is 14.0 Å². The van der Waals surface area contributed by atoms with Gasteiger partial charge in [-0.25, -0.2) is 4.79 Å². The summed E-state index contributed by atoms with van der Waals surface area (Å²) in [5.41, 5.74) is 0.371. The summed E-state index contributed by atoms with van der Waals surface area (Å²) >= 11 is 0. The van der Waals surface area contributed by atoms with Gasteiger partial charge in [-0.15, -0.1) is 0 Å². The van der Waals surface area contributed by atoms with Crippen LogP contribution < -0.4 is 10.2 Å². The van der Waals surface area contributed by atoms with E-state index in [1.54, 1.807) is 25.1 Å². The second-order valence-corrected chi connectivity index (χ2v) is 6.49. The summed E-state index contributed by atoms with van der Waals surface area (Å²) in [7, 11) is -0.530. The molecule has 1 fully saturated rings. The van der Waals surface area contributed by atoms with Crippen LogP contribution in [0.5, 0.6) is 5.75 Å². The van der Waals surface area contributed by atoms with E-state index < -0.39 is 18.3 Å². The van der Waals surface area contributed by atoms with Gasteiger partial charge in [-0.2, -0.15) is 0 Å². The molecule has 5 nitrogen and oxygen atoms in total. The standard InChI is InChI=1S/C17H25BO5/c1-7-20-14-11-12(15(19)21-8-2)9-10-13(14)18-22-16(3,4)17(5,6)23-18/h9-11H,7-8H2,1-6H3. The summed E-state index contributed by atoms with van der Waals surface area (Å²) in [5.74, 6) is 0.213. The maximum Gasteiger partial charge on any atom is 0.498 e. The van der Waals surface area contributed by atoms with E-state index in [-0.39, 0.29) is 5.97 Å². The Hall–Kier alpha value is -1.53. The van der Waals surface area contributed by atoms with Crippen LogP contribution in [0.3, 0.4) is 0 Å². The van der Waals surface area contributed by atoms with Crippen LogP contribution in [-0.4, -0.2) is 37.5 Å². The summed E-state index contributed by atoms with van der Waals surface area (Å²) in [5, 5.41) is 0. The highest BCUT2D eigenvalue weighted by Gasteiger charge is 2.52. The van der Waals surface area contributed by atoms with Crippen LogP contribution in [0, 0.1) is 0 Å². The van der Waals surface area contributed by atoms with Gasteiger partial charge in [0.1, 0.15) is 5.75 Å². The van der Waals surface area contributed by atoms with Crippen molar-refractivity contribution in [2.45, 2.75) is 52.7 Å². The smallest absolute Gasteiger partial charge is 0.494 e. The molecule has 0 amide bonds. The molecule has 6 heteroatoms. The molecule has 1 aliphatic heterocycles. The normalized spacial score (nSPS) is 18.8. The van der Waals surface area contributed by atoms with E-state index in [0.717, 1.165) is 5.46 Å². The number of hydrogen-bond acceptors (Lipinski definition) is 5. The topological polar surface area (TPSA) is 54.0 Å². The molecule has 0 saturated carbocycles. The van der Waals surface area contributed by atoms with Crippen molar-refractivity contribution in [2.75, 3.05) is 13.2 Å². The van der Waals surface area contributed by atoms with Crippen LogP contribution in [0.1, 0.15) is 51.9 Å². The maximum absolute atomic E-state index is 11.9. The average Bonchev–Trinajstić information content (AvgIpc) is 2.68. The van der Waals surface area contributed by atoms with Crippen molar-refractivity contribution < 1.29 is 23.6 Å². The monoisotopic (exact) mass is 320 g/mol. The number of esters is 1. The summed E-state index contributed by atoms with van der Waals surface area (Å²) in [6.45, 7) is 12.5. The third kappa shape index (κ3) is 3.53. The zero-order valence-corrected chi connectivity index (χ0v) is 14.8. The molecule has 0 radical (unpaired) electrons. The molecule has 1 heterocycles. The third-order valence-corrected chi connectivity index (χ3v) is 4.33. The first-order valence-electron chi connectivity index (χ1n) is 8.01. The van der Waals surface area contributed by atoms with E-state index >= 15 is 0 Å². The minimum absolute atomic E-state index is 0.335. The molecule has 1 aromatic carbocycles. The predicted octanol–water partition coefficient (Wildman–Crippen LogP) is 2.56. The van der Waals surface area contributed by atoms with Gasteiger partial charge in [-0.3, -0.25) is 0 Å². The number of rotatable bonds is 5. The molecule has 1 saturated heterocycles. The molecule has 0 aromatic heterocycles. The zero-order valence-electron chi connectivity index (χ0n) is 14.8. The van der Waals surface area contributed by atoms with E-state index in [2.05, 4.69) is 0 Å². The quantitative estimate of drug-likeness (QED) is 0.616. The average molecular weight is 320 g/mol. The second kappa shape index (κ2) is 6.53. The van der Waals surface area contributed by atoms with E-state index in [1.165, 1.54) is 0 Å². The molecule has 23 heavy (non-hydrogen) atoms.